The molecule has 0 amide bonds. The first-order chi connectivity index (χ1) is 10.0. The lowest BCUT2D eigenvalue weighted by molar-refractivity contribution is 0.0691. The van der Waals surface area contributed by atoms with Crippen molar-refractivity contribution in [2.75, 3.05) is 4.90 Å². The quantitative estimate of drug-likeness (QED) is 0.917. The van der Waals surface area contributed by atoms with Gasteiger partial charge in [0, 0.05) is 18.8 Å². The highest BCUT2D eigenvalue weighted by molar-refractivity contribution is 5.88. The molecule has 0 radical (unpaired) electrons. The third-order valence-electron chi connectivity index (χ3n) is 3.19. The van der Waals surface area contributed by atoms with Gasteiger partial charge in [0.05, 0.1) is 0 Å². The number of rotatable bonds is 5. The first-order valence-electron chi connectivity index (χ1n) is 6.69. The topological polar surface area (TPSA) is 53.4 Å². The SMILES string of the molecule is CC(C)N(Cc1ccccc1)c1nccc(C(=O)O)c1F. The van der Waals surface area contributed by atoms with Crippen LogP contribution in [-0.2, 0) is 6.54 Å². The molecule has 0 unspecified atom stereocenters. The van der Waals surface area contributed by atoms with Gasteiger partial charge in [-0.05, 0) is 25.5 Å². The van der Waals surface area contributed by atoms with Crippen LogP contribution in [0.1, 0.15) is 29.8 Å². The van der Waals surface area contributed by atoms with Crippen molar-refractivity contribution in [2.24, 2.45) is 0 Å². The molecule has 0 aliphatic heterocycles. The van der Waals surface area contributed by atoms with Crippen LogP contribution in [-0.4, -0.2) is 22.1 Å². The number of carbonyl (C=O) groups is 1. The highest BCUT2D eigenvalue weighted by Crippen LogP contribution is 2.23. The summed E-state index contributed by atoms with van der Waals surface area (Å²) in [5, 5.41) is 9.01. The second-order valence-corrected chi connectivity index (χ2v) is 5.01. The molecule has 2 rings (SSSR count). The molecular formula is C16H17FN2O2. The van der Waals surface area contributed by atoms with Crippen molar-refractivity contribution in [3.63, 3.8) is 0 Å². The van der Waals surface area contributed by atoms with Crippen LogP contribution in [0.5, 0.6) is 0 Å². The zero-order valence-electron chi connectivity index (χ0n) is 12.0. The lowest BCUT2D eigenvalue weighted by atomic mass is 10.1. The number of hydrogen-bond acceptors (Lipinski definition) is 3. The minimum absolute atomic E-state index is 0.0174. The van der Waals surface area contributed by atoms with E-state index in [0.717, 1.165) is 5.56 Å². The van der Waals surface area contributed by atoms with Crippen molar-refractivity contribution < 1.29 is 14.3 Å². The van der Waals surface area contributed by atoms with Gasteiger partial charge in [0.15, 0.2) is 11.6 Å². The van der Waals surface area contributed by atoms with Crippen LogP contribution in [0.4, 0.5) is 10.2 Å². The molecule has 0 saturated heterocycles. The summed E-state index contributed by atoms with van der Waals surface area (Å²) in [6.07, 6.45) is 1.32. The minimum atomic E-state index is -1.29. The maximum absolute atomic E-state index is 14.4. The fourth-order valence-corrected chi connectivity index (χ4v) is 2.08. The summed E-state index contributed by atoms with van der Waals surface area (Å²) < 4.78 is 14.4. The normalized spacial score (nSPS) is 10.7. The van der Waals surface area contributed by atoms with Crippen LogP contribution in [0.3, 0.4) is 0 Å². The molecule has 1 N–H and O–H groups in total. The Hall–Kier alpha value is -2.43. The van der Waals surface area contributed by atoms with E-state index in [1.54, 1.807) is 4.90 Å². The standard InChI is InChI=1S/C16H17FN2O2/c1-11(2)19(10-12-6-4-3-5-7-12)15-14(17)13(16(20)21)8-9-18-15/h3-9,11H,10H2,1-2H3,(H,20,21). The summed E-state index contributed by atoms with van der Waals surface area (Å²) in [4.78, 5) is 16.8. The Kier molecular flexibility index (Phi) is 4.52. The summed E-state index contributed by atoms with van der Waals surface area (Å²) in [7, 11) is 0. The summed E-state index contributed by atoms with van der Waals surface area (Å²) in [5.74, 6) is -2.03. The van der Waals surface area contributed by atoms with Gasteiger partial charge in [0.2, 0.25) is 0 Å². The van der Waals surface area contributed by atoms with Gasteiger partial charge in [-0.25, -0.2) is 14.2 Å². The molecule has 2 aromatic rings. The molecule has 1 aromatic carbocycles. The van der Waals surface area contributed by atoms with Crippen molar-refractivity contribution in [1.82, 2.24) is 4.98 Å². The lowest BCUT2D eigenvalue weighted by Gasteiger charge is -2.28. The second kappa shape index (κ2) is 6.35. The molecular weight excluding hydrogens is 271 g/mol. The molecule has 5 heteroatoms. The third kappa shape index (κ3) is 3.37. The Balaban J connectivity index is 2.39. The molecule has 110 valence electrons. The number of nitrogens with zero attached hydrogens (tertiary/aromatic N) is 2. The van der Waals surface area contributed by atoms with E-state index in [4.69, 9.17) is 5.11 Å². The zero-order chi connectivity index (χ0) is 15.4. The van der Waals surface area contributed by atoms with E-state index in [1.807, 2.05) is 44.2 Å². The first kappa shape index (κ1) is 15.0. The predicted molar refractivity (Wildman–Crippen MR) is 78.9 cm³/mol. The number of halogens is 1. The van der Waals surface area contributed by atoms with Crippen LogP contribution >= 0.6 is 0 Å². The Morgan fingerprint density at radius 1 is 1.29 bits per heavy atom. The van der Waals surface area contributed by atoms with E-state index in [-0.39, 0.29) is 17.4 Å². The van der Waals surface area contributed by atoms with Gasteiger partial charge in [-0.1, -0.05) is 30.3 Å². The smallest absolute Gasteiger partial charge is 0.338 e. The van der Waals surface area contributed by atoms with E-state index in [0.29, 0.717) is 6.54 Å². The summed E-state index contributed by atoms with van der Waals surface area (Å²) in [6.45, 7) is 4.29. The highest BCUT2D eigenvalue weighted by atomic mass is 19.1. The van der Waals surface area contributed by atoms with E-state index in [2.05, 4.69) is 4.98 Å². The van der Waals surface area contributed by atoms with Crippen molar-refractivity contribution in [3.05, 3.63) is 59.5 Å². The number of carboxylic acid groups (broad SMARTS) is 1. The van der Waals surface area contributed by atoms with Gasteiger partial charge in [-0.3, -0.25) is 0 Å². The summed E-state index contributed by atoms with van der Waals surface area (Å²) >= 11 is 0. The Morgan fingerprint density at radius 2 is 1.95 bits per heavy atom. The van der Waals surface area contributed by atoms with Crippen LogP contribution in [0.25, 0.3) is 0 Å². The van der Waals surface area contributed by atoms with Crippen LogP contribution in [0.15, 0.2) is 42.6 Å². The molecule has 0 aliphatic rings. The fourth-order valence-electron chi connectivity index (χ4n) is 2.08. The van der Waals surface area contributed by atoms with Gasteiger partial charge < -0.3 is 10.0 Å². The molecule has 0 saturated carbocycles. The fraction of sp³-hybridized carbons (Fsp3) is 0.250. The number of anilines is 1. The minimum Gasteiger partial charge on any atom is -0.478 e. The maximum Gasteiger partial charge on any atom is 0.338 e. The predicted octanol–water partition coefficient (Wildman–Crippen LogP) is 3.33. The Labute approximate surface area is 122 Å². The van der Waals surface area contributed by atoms with Gasteiger partial charge in [0.25, 0.3) is 0 Å². The molecule has 1 aromatic heterocycles. The molecule has 21 heavy (non-hydrogen) atoms. The van der Waals surface area contributed by atoms with E-state index in [1.165, 1.54) is 12.3 Å². The molecule has 0 spiro atoms. The van der Waals surface area contributed by atoms with E-state index < -0.39 is 11.8 Å². The number of hydrogen-bond donors (Lipinski definition) is 1. The molecule has 0 aliphatic carbocycles. The number of carboxylic acids is 1. The monoisotopic (exact) mass is 288 g/mol. The van der Waals surface area contributed by atoms with Gasteiger partial charge in [-0.2, -0.15) is 0 Å². The van der Waals surface area contributed by atoms with Crippen molar-refractivity contribution in [2.45, 2.75) is 26.4 Å². The molecule has 1 heterocycles. The third-order valence-corrected chi connectivity index (χ3v) is 3.19. The number of benzene rings is 1. The molecule has 4 nitrogen and oxygen atoms in total. The summed E-state index contributed by atoms with van der Waals surface area (Å²) in [6, 6.07) is 10.8. The zero-order valence-corrected chi connectivity index (χ0v) is 12.0. The second-order valence-electron chi connectivity index (χ2n) is 5.01. The summed E-state index contributed by atoms with van der Waals surface area (Å²) in [5.41, 5.74) is 0.645. The average Bonchev–Trinajstić information content (AvgIpc) is 2.46. The average molecular weight is 288 g/mol. The Morgan fingerprint density at radius 3 is 2.52 bits per heavy atom. The van der Waals surface area contributed by atoms with Crippen LogP contribution in [0.2, 0.25) is 0 Å². The van der Waals surface area contributed by atoms with Gasteiger partial charge >= 0.3 is 5.97 Å². The van der Waals surface area contributed by atoms with Crippen molar-refractivity contribution in [1.29, 1.82) is 0 Å². The number of pyridine rings is 1. The molecule has 0 atom stereocenters. The number of aromatic carboxylic acids is 1. The van der Waals surface area contributed by atoms with Gasteiger partial charge in [0.1, 0.15) is 5.56 Å². The van der Waals surface area contributed by atoms with Crippen LogP contribution in [0, 0.1) is 5.82 Å². The van der Waals surface area contributed by atoms with E-state index in [9.17, 15) is 9.18 Å². The largest absolute Gasteiger partial charge is 0.478 e. The first-order valence-corrected chi connectivity index (χ1v) is 6.69. The van der Waals surface area contributed by atoms with Crippen LogP contribution < -0.4 is 4.90 Å². The molecule has 0 fully saturated rings. The Bertz CT molecular complexity index is 629. The molecule has 0 bridgehead atoms. The van der Waals surface area contributed by atoms with E-state index >= 15 is 0 Å². The van der Waals surface area contributed by atoms with Crippen molar-refractivity contribution in [3.8, 4) is 0 Å². The van der Waals surface area contributed by atoms with Gasteiger partial charge in [-0.15, -0.1) is 0 Å². The number of aromatic nitrogens is 1. The highest BCUT2D eigenvalue weighted by Gasteiger charge is 2.21. The lowest BCUT2D eigenvalue weighted by Crippen LogP contribution is -2.32. The maximum atomic E-state index is 14.4. The van der Waals surface area contributed by atoms with Crippen molar-refractivity contribution >= 4 is 11.8 Å².